The number of aromatic amines is 1. The number of hydrogen-bond donors (Lipinski definition) is 2. The SMILES string of the molecule is CC1Cc2ncnc(C3CNC3)c2CN1c1cc(Cl)nc2[nH]ccc12. The number of anilines is 1. The van der Waals surface area contributed by atoms with Gasteiger partial charge in [-0.2, -0.15) is 0 Å². The molecule has 0 bridgehead atoms. The molecule has 5 heterocycles. The molecule has 1 atom stereocenters. The summed E-state index contributed by atoms with van der Waals surface area (Å²) in [7, 11) is 0. The van der Waals surface area contributed by atoms with E-state index in [9.17, 15) is 0 Å². The summed E-state index contributed by atoms with van der Waals surface area (Å²) in [4.78, 5) is 19.1. The van der Waals surface area contributed by atoms with Crippen LogP contribution in [0.2, 0.25) is 5.15 Å². The minimum Gasteiger partial charge on any atom is -0.363 e. The van der Waals surface area contributed by atoms with Gasteiger partial charge in [0.1, 0.15) is 17.1 Å². The third-order valence-electron chi connectivity index (χ3n) is 5.37. The lowest BCUT2D eigenvalue weighted by atomic mass is 9.90. The molecule has 6 nitrogen and oxygen atoms in total. The number of H-pyrrole nitrogens is 1. The summed E-state index contributed by atoms with van der Waals surface area (Å²) in [6.45, 7) is 5.05. The third kappa shape index (κ3) is 2.40. The maximum absolute atomic E-state index is 6.27. The van der Waals surface area contributed by atoms with E-state index in [-0.39, 0.29) is 0 Å². The minimum absolute atomic E-state index is 0.339. The summed E-state index contributed by atoms with van der Waals surface area (Å²) in [5, 5.41) is 4.95. The number of nitrogens with one attached hydrogen (secondary N) is 2. The highest BCUT2D eigenvalue weighted by molar-refractivity contribution is 6.30. The highest BCUT2D eigenvalue weighted by atomic mass is 35.5. The van der Waals surface area contributed by atoms with Crippen LogP contribution in [0.4, 0.5) is 5.69 Å². The molecular formula is C18H19ClN6. The van der Waals surface area contributed by atoms with Crippen molar-refractivity contribution in [2.45, 2.75) is 31.8 Å². The molecule has 2 aliphatic rings. The lowest BCUT2D eigenvalue weighted by Gasteiger charge is -2.38. The highest BCUT2D eigenvalue weighted by Gasteiger charge is 2.31. The second kappa shape index (κ2) is 5.68. The average Bonchev–Trinajstić information content (AvgIpc) is 3.00. The average molecular weight is 355 g/mol. The Kier molecular flexibility index (Phi) is 3.43. The second-order valence-electron chi connectivity index (χ2n) is 6.92. The van der Waals surface area contributed by atoms with Crippen LogP contribution in [-0.2, 0) is 13.0 Å². The number of fused-ring (bicyclic) bond motifs is 2. The van der Waals surface area contributed by atoms with Crippen molar-refractivity contribution in [3.8, 4) is 0 Å². The molecule has 7 heteroatoms. The molecule has 2 N–H and O–H groups in total. The van der Waals surface area contributed by atoms with Crippen molar-refractivity contribution in [1.29, 1.82) is 0 Å². The van der Waals surface area contributed by atoms with Crippen molar-refractivity contribution in [3.63, 3.8) is 0 Å². The number of halogens is 1. The lowest BCUT2D eigenvalue weighted by Crippen LogP contribution is -2.44. The van der Waals surface area contributed by atoms with Gasteiger partial charge < -0.3 is 15.2 Å². The Balaban J connectivity index is 1.61. The topological polar surface area (TPSA) is 69.7 Å². The zero-order valence-electron chi connectivity index (χ0n) is 14.0. The predicted octanol–water partition coefficient (Wildman–Crippen LogP) is 2.64. The van der Waals surface area contributed by atoms with Gasteiger partial charge in [0, 0.05) is 55.2 Å². The smallest absolute Gasteiger partial charge is 0.141 e. The highest BCUT2D eigenvalue weighted by Crippen LogP contribution is 2.36. The largest absolute Gasteiger partial charge is 0.363 e. The van der Waals surface area contributed by atoms with E-state index in [1.54, 1.807) is 6.33 Å². The summed E-state index contributed by atoms with van der Waals surface area (Å²) in [5.41, 5.74) is 5.62. The molecule has 128 valence electrons. The quantitative estimate of drug-likeness (QED) is 0.692. The monoisotopic (exact) mass is 354 g/mol. The van der Waals surface area contributed by atoms with E-state index in [1.165, 1.54) is 17.0 Å². The predicted molar refractivity (Wildman–Crippen MR) is 98.1 cm³/mol. The van der Waals surface area contributed by atoms with Crippen LogP contribution in [0.25, 0.3) is 11.0 Å². The van der Waals surface area contributed by atoms with E-state index in [2.05, 4.69) is 43.1 Å². The maximum atomic E-state index is 6.27. The number of aromatic nitrogens is 4. The van der Waals surface area contributed by atoms with Gasteiger partial charge in [0.05, 0.1) is 17.1 Å². The Morgan fingerprint density at radius 2 is 2.16 bits per heavy atom. The van der Waals surface area contributed by atoms with E-state index in [0.29, 0.717) is 17.1 Å². The Bertz CT molecular complexity index is 948. The molecule has 2 aliphatic heterocycles. The van der Waals surface area contributed by atoms with Gasteiger partial charge in [-0.1, -0.05) is 11.6 Å². The van der Waals surface area contributed by atoms with E-state index < -0.39 is 0 Å². The van der Waals surface area contributed by atoms with Gasteiger partial charge in [0.25, 0.3) is 0 Å². The molecule has 0 saturated carbocycles. The zero-order chi connectivity index (χ0) is 17.0. The molecule has 3 aromatic heterocycles. The Morgan fingerprint density at radius 1 is 1.28 bits per heavy atom. The normalized spacial score (nSPS) is 20.6. The molecule has 5 rings (SSSR count). The number of nitrogens with zero attached hydrogens (tertiary/aromatic N) is 4. The van der Waals surface area contributed by atoms with E-state index in [0.717, 1.165) is 42.8 Å². The van der Waals surface area contributed by atoms with Gasteiger partial charge in [-0.25, -0.2) is 15.0 Å². The molecule has 1 fully saturated rings. The second-order valence-corrected chi connectivity index (χ2v) is 7.31. The van der Waals surface area contributed by atoms with Crippen LogP contribution in [-0.4, -0.2) is 39.1 Å². The summed E-state index contributed by atoms with van der Waals surface area (Å²) in [6, 6.07) is 4.37. The molecule has 1 unspecified atom stereocenters. The number of pyridine rings is 1. The van der Waals surface area contributed by atoms with Crippen molar-refractivity contribution in [2.24, 2.45) is 0 Å². The molecule has 0 amide bonds. The van der Waals surface area contributed by atoms with Crippen molar-refractivity contribution in [3.05, 3.63) is 46.8 Å². The van der Waals surface area contributed by atoms with E-state index >= 15 is 0 Å². The van der Waals surface area contributed by atoms with Gasteiger partial charge in [0.2, 0.25) is 0 Å². The van der Waals surface area contributed by atoms with E-state index in [1.807, 2.05) is 12.3 Å². The summed E-state index contributed by atoms with van der Waals surface area (Å²) >= 11 is 6.27. The van der Waals surface area contributed by atoms with E-state index in [4.69, 9.17) is 11.6 Å². The number of rotatable bonds is 2. The minimum atomic E-state index is 0.339. The van der Waals surface area contributed by atoms with Gasteiger partial charge in [-0.05, 0) is 19.1 Å². The van der Waals surface area contributed by atoms with Crippen LogP contribution in [0.5, 0.6) is 0 Å². The summed E-state index contributed by atoms with van der Waals surface area (Å²) in [6.07, 6.45) is 4.55. The van der Waals surface area contributed by atoms with Crippen molar-refractivity contribution < 1.29 is 0 Å². The molecule has 0 aliphatic carbocycles. The first-order valence-electron chi connectivity index (χ1n) is 8.64. The van der Waals surface area contributed by atoms with Crippen LogP contribution in [0.1, 0.15) is 29.8 Å². The first kappa shape index (κ1) is 15.1. The van der Waals surface area contributed by atoms with Crippen LogP contribution in [0.15, 0.2) is 24.7 Å². The Hall–Kier alpha value is -2.18. The fourth-order valence-electron chi connectivity index (χ4n) is 3.91. The molecule has 3 aromatic rings. The summed E-state index contributed by atoms with van der Waals surface area (Å²) < 4.78 is 0. The van der Waals surface area contributed by atoms with Crippen LogP contribution >= 0.6 is 11.6 Å². The first-order chi connectivity index (χ1) is 12.2. The maximum Gasteiger partial charge on any atom is 0.141 e. The van der Waals surface area contributed by atoms with Gasteiger partial charge in [-0.15, -0.1) is 0 Å². The van der Waals surface area contributed by atoms with Crippen molar-refractivity contribution in [2.75, 3.05) is 18.0 Å². The van der Waals surface area contributed by atoms with Gasteiger partial charge in [-0.3, -0.25) is 0 Å². The molecule has 0 aromatic carbocycles. The molecule has 1 saturated heterocycles. The fourth-order valence-corrected chi connectivity index (χ4v) is 4.10. The van der Waals surface area contributed by atoms with Crippen LogP contribution in [0, 0.1) is 0 Å². The standard InChI is InChI=1S/C18H19ClN6/c1-10-4-14-13(17(23-9-22-14)11-6-20-7-11)8-25(10)15-5-16(19)24-18-12(15)2-3-21-18/h2-3,5,9-11,20H,4,6-8H2,1H3,(H,21,24). The first-order valence-corrected chi connectivity index (χ1v) is 9.02. The molecule has 0 spiro atoms. The van der Waals surface area contributed by atoms with Crippen LogP contribution in [0.3, 0.4) is 0 Å². The van der Waals surface area contributed by atoms with Gasteiger partial charge >= 0.3 is 0 Å². The van der Waals surface area contributed by atoms with Crippen LogP contribution < -0.4 is 10.2 Å². The lowest BCUT2D eigenvalue weighted by molar-refractivity contribution is 0.431. The van der Waals surface area contributed by atoms with Gasteiger partial charge in [0.15, 0.2) is 0 Å². The molecule has 0 radical (unpaired) electrons. The zero-order valence-corrected chi connectivity index (χ0v) is 14.7. The van der Waals surface area contributed by atoms with Crippen molar-refractivity contribution >= 4 is 28.3 Å². The van der Waals surface area contributed by atoms with Crippen molar-refractivity contribution in [1.82, 2.24) is 25.3 Å². The Morgan fingerprint density at radius 3 is 2.96 bits per heavy atom. The molecule has 25 heavy (non-hydrogen) atoms. The Labute approximate surface area is 150 Å². The third-order valence-corrected chi connectivity index (χ3v) is 5.56. The molecular weight excluding hydrogens is 336 g/mol. The fraction of sp³-hybridized carbons (Fsp3) is 0.389. The summed E-state index contributed by atoms with van der Waals surface area (Å²) in [5.74, 6) is 0.500. The number of hydrogen-bond acceptors (Lipinski definition) is 5.